The first-order valence-corrected chi connectivity index (χ1v) is 10.3. The van der Waals surface area contributed by atoms with Crippen molar-refractivity contribution in [1.29, 1.82) is 0 Å². The minimum absolute atomic E-state index is 0.0848. The molecule has 3 rings (SSSR count). The van der Waals surface area contributed by atoms with Gasteiger partial charge in [-0.1, -0.05) is 34.1 Å². The van der Waals surface area contributed by atoms with E-state index in [-0.39, 0.29) is 5.75 Å². The van der Waals surface area contributed by atoms with Crippen molar-refractivity contribution in [1.82, 2.24) is 9.55 Å². The molecule has 0 amide bonds. The fourth-order valence-corrected chi connectivity index (χ4v) is 3.60. The van der Waals surface area contributed by atoms with Crippen LogP contribution in [0.3, 0.4) is 0 Å². The summed E-state index contributed by atoms with van der Waals surface area (Å²) in [7, 11) is -3.16. The Hall–Kier alpha value is -1.86. The van der Waals surface area contributed by atoms with E-state index in [9.17, 15) is 8.42 Å². The Bertz CT molecular complexity index is 967. The number of rotatable bonds is 6. The summed E-state index contributed by atoms with van der Waals surface area (Å²) < 4.78 is 32.0. The van der Waals surface area contributed by atoms with Crippen molar-refractivity contribution in [3.63, 3.8) is 0 Å². The summed E-state index contributed by atoms with van der Waals surface area (Å²) >= 11 is 3.41. The summed E-state index contributed by atoms with van der Waals surface area (Å²) in [5.74, 6) is 1.22. The van der Waals surface area contributed by atoms with Crippen LogP contribution in [0.2, 0.25) is 0 Å². The fraction of sp³-hybridized carbons (Fsp3) is 0.235. The molecule has 3 aromatic rings. The van der Waals surface area contributed by atoms with Crippen molar-refractivity contribution in [2.45, 2.75) is 12.3 Å². The van der Waals surface area contributed by atoms with Crippen LogP contribution < -0.4 is 4.74 Å². The number of sulfone groups is 1. The van der Waals surface area contributed by atoms with E-state index in [1.54, 1.807) is 0 Å². The number of hydrogen-bond acceptors (Lipinski definition) is 4. The van der Waals surface area contributed by atoms with Crippen LogP contribution >= 0.6 is 15.9 Å². The highest BCUT2D eigenvalue weighted by Crippen LogP contribution is 2.20. The van der Waals surface area contributed by atoms with Gasteiger partial charge in [0.15, 0.2) is 9.84 Å². The third-order valence-corrected chi connectivity index (χ3v) is 4.78. The maximum Gasteiger partial charge on any atom is 0.154 e. The average Bonchev–Trinajstić information content (AvgIpc) is 2.83. The second-order valence-electron chi connectivity index (χ2n) is 5.54. The zero-order valence-corrected chi connectivity index (χ0v) is 15.5. The van der Waals surface area contributed by atoms with Crippen LogP contribution in [-0.4, -0.2) is 30.8 Å². The number of halogens is 1. The molecule has 0 aliphatic rings. The molecule has 0 atom stereocenters. The number of para-hydroxylation sites is 2. The molecule has 0 fully saturated rings. The molecule has 0 aliphatic heterocycles. The van der Waals surface area contributed by atoms with E-state index in [1.807, 2.05) is 53.1 Å². The third-order valence-electron chi connectivity index (χ3n) is 3.50. The minimum Gasteiger partial charge on any atom is -0.492 e. The number of benzene rings is 2. The maximum atomic E-state index is 11.7. The van der Waals surface area contributed by atoms with E-state index < -0.39 is 9.84 Å². The van der Waals surface area contributed by atoms with Crippen LogP contribution in [0.5, 0.6) is 5.75 Å². The molecule has 5 nitrogen and oxygen atoms in total. The Morgan fingerprint density at radius 1 is 1.17 bits per heavy atom. The molecule has 0 unspecified atom stereocenters. The van der Waals surface area contributed by atoms with Gasteiger partial charge in [-0.05, 0) is 30.3 Å². The standard InChI is InChI=1S/C17H17BrN2O3S/c1-24(21,22)12-17-19-15-7-2-3-8-16(15)20(17)9-10-23-14-6-4-5-13(18)11-14/h2-8,11H,9-10,12H2,1H3. The second kappa shape index (κ2) is 6.94. The number of nitrogens with zero attached hydrogens (tertiary/aromatic N) is 2. The highest BCUT2D eigenvalue weighted by molar-refractivity contribution is 9.10. The summed E-state index contributed by atoms with van der Waals surface area (Å²) in [6, 6.07) is 15.2. The summed E-state index contributed by atoms with van der Waals surface area (Å²) in [4.78, 5) is 4.46. The van der Waals surface area contributed by atoms with E-state index in [0.717, 1.165) is 21.3 Å². The summed E-state index contributed by atoms with van der Waals surface area (Å²) in [5.41, 5.74) is 1.70. The molecule has 0 saturated heterocycles. The monoisotopic (exact) mass is 408 g/mol. The quantitative estimate of drug-likeness (QED) is 0.626. The van der Waals surface area contributed by atoms with Crippen LogP contribution in [0.4, 0.5) is 0 Å². The topological polar surface area (TPSA) is 61.2 Å². The maximum absolute atomic E-state index is 11.7. The van der Waals surface area contributed by atoms with Gasteiger partial charge in [0.2, 0.25) is 0 Å². The van der Waals surface area contributed by atoms with E-state index in [4.69, 9.17) is 4.74 Å². The summed E-state index contributed by atoms with van der Waals surface area (Å²) in [5, 5.41) is 0. The van der Waals surface area contributed by atoms with Crippen LogP contribution in [-0.2, 0) is 22.1 Å². The summed E-state index contributed by atoms with van der Waals surface area (Å²) in [6.07, 6.45) is 1.22. The van der Waals surface area contributed by atoms with Gasteiger partial charge < -0.3 is 9.30 Å². The molecule has 0 bridgehead atoms. The van der Waals surface area contributed by atoms with Crippen LogP contribution in [0, 0.1) is 0 Å². The van der Waals surface area contributed by atoms with Crippen molar-refractivity contribution in [2.75, 3.05) is 12.9 Å². The lowest BCUT2D eigenvalue weighted by Crippen LogP contribution is -2.14. The van der Waals surface area contributed by atoms with E-state index >= 15 is 0 Å². The highest BCUT2D eigenvalue weighted by atomic mass is 79.9. The van der Waals surface area contributed by atoms with E-state index in [0.29, 0.717) is 19.0 Å². The Morgan fingerprint density at radius 3 is 2.71 bits per heavy atom. The lowest BCUT2D eigenvalue weighted by atomic mass is 10.3. The van der Waals surface area contributed by atoms with Gasteiger partial charge in [-0.25, -0.2) is 13.4 Å². The SMILES string of the molecule is CS(=O)(=O)Cc1nc2ccccc2n1CCOc1cccc(Br)c1. The van der Waals surface area contributed by atoms with Crippen molar-refractivity contribution >= 4 is 36.8 Å². The van der Waals surface area contributed by atoms with Gasteiger partial charge in [0, 0.05) is 10.7 Å². The molecular formula is C17H17BrN2O3S. The second-order valence-corrected chi connectivity index (χ2v) is 8.60. The van der Waals surface area contributed by atoms with Gasteiger partial charge in [0.25, 0.3) is 0 Å². The van der Waals surface area contributed by atoms with Gasteiger partial charge in [0.1, 0.15) is 23.9 Å². The zero-order valence-electron chi connectivity index (χ0n) is 13.1. The number of aromatic nitrogens is 2. The van der Waals surface area contributed by atoms with Crippen molar-refractivity contribution < 1.29 is 13.2 Å². The molecule has 0 spiro atoms. The van der Waals surface area contributed by atoms with Crippen molar-refractivity contribution in [2.24, 2.45) is 0 Å². The zero-order chi connectivity index (χ0) is 17.2. The molecule has 1 aromatic heterocycles. The molecule has 0 radical (unpaired) electrons. The first-order chi connectivity index (χ1) is 11.4. The molecule has 0 aliphatic carbocycles. The third kappa shape index (κ3) is 4.15. The Kier molecular flexibility index (Phi) is 4.91. The molecule has 1 heterocycles. The Morgan fingerprint density at radius 2 is 1.96 bits per heavy atom. The van der Waals surface area contributed by atoms with Gasteiger partial charge >= 0.3 is 0 Å². The average molecular weight is 409 g/mol. The van der Waals surface area contributed by atoms with Crippen LogP contribution in [0.25, 0.3) is 11.0 Å². The molecule has 126 valence electrons. The smallest absolute Gasteiger partial charge is 0.154 e. The molecular weight excluding hydrogens is 392 g/mol. The Labute approximate surface area is 149 Å². The molecule has 24 heavy (non-hydrogen) atoms. The van der Waals surface area contributed by atoms with Crippen LogP contribution in [0.15, 0.2) is 53.0 Å². The number of hydrogen-bond donors (Lipinski definition) is 0. The normalized spacial score (nSPS) is 11.8. The first kappa shape index (κ1) is 17.0. The van der Waals surface area contributed by atoms with Crippen molar-refractivity contribution in [3.8, 4) is 5.75 Å². The van der Waals surface area contributed by atoms with Gasteiger partial charge in [-0.2, -0.15) is 0 Å². The molecule has 7 heteroatoms. The molecule has 2 aromatic carbocycles. The number of fused-ring (bicyclic) bond motifs is 1. The minimum atomic E-state index is -3.16. The fourth-order valence-electron chi connectivity index (χ4n) is 2.53. The first-order valence-electron chi connectivity index (χ1n) is 7.42. The number of imidazole rings is 1. The Balaban J connectivity index is 1.83. The number of ether oxygens (including phenoxy) is 1. The molecule has 0 N–H and O–H groups in total. The predicted molar refractivity (Wildman–Crippen MR) is 97.9 cm³/mol. The van der Waals surface area contributed by atoms with Gasteiger partial charge in [-0.15, -0.1) is 0 Å². The van der Waals surface area contributed by atoms with Crippen molar-refractivity contribution in [3.05, 3.63) is 58.8 Å². The van der Waals surface area contributed by atoms with Crippen LogP contribution in [0.1, 0.15) is 5.82 Å². The predicted octanol–water partition coefficient (Wildman–Crippen LogP) is 3.42. The van der Waals surface area contributed by atoms with E-state index in [2.05, 4.69) is 20.9 Å². The van der Waals surface area contributed by atoms with Gasteiger partial charge in [0.05, 0.1) is 17.6 Å². The molecule has 0 saturated carbocycles. The highest BCUT2D eigenvalue weighted by Gasteiger charge is 2.15. The largest absolute Gasteiger partial charge is 0.492 e. The van der Waals surface area contributed by atoms with Gasteiger partial charge in [-0.3, -0.25) is 0 Å². The van der Waals surface area contributed by atoms with E-state index in [1.165, 1.54) is 6.26 Å². The lowest BCUT2D eigenvalue weighted by molar-refractivity contribution is 0.298. The summed E-state index contributed by atoms with van der Waals surface area (Å²) in [6.45, 7) is 0.950. The lowest BCUT2D eigenvalue weighted by Gasteiger charge is -2.10.